The maximum atomic E-state index is 11.6. The van der Waals surface area contributed by atoms with Crippen molar-refractivity contribution in [3.63, 3.8) is 0 Å². The largest absolute Gasteiger partial charge is 0.481 e. The molecule has 0 unspecified atom stereocenters. The molecule has 2 N–H and O–H groups in total. The van der Waals surface area contributed by atoms with Gasteiger partial charge in [0, 0.05) is 18.9 Å². The summed E-state index contributed by atoms with van der Waals surface area (Å²) in [6.07, 6.45) is 6.44. The maximum absolute atomic E-state index is 11.6. The van der Waals surface area contributed by atoms with Crippen molar-refractivity contribution >= 4 is 11.9 Å². The summed E-state index contributed by atoms with van der Waals surface area (Å²) in [7, 11) is 0. The fourth-order valence-electron chi connectivity index (χ4n) is 2.27. The summed E-state index contributed by atoms with van der Waals surface area (Å²) in [5.74, 6) is 0.0836. The normalized spacial score (nSPS) is 24.3. The summed E-state index contributed by atoms with van der Waals surface area (Å²) in [4.78, 5) is 21.9. The van der Waals surface area contributed by atoms with E-state index in [4.69, 9.17) is 5.11 Å². The molecule has 4 heteroatoms. The fraction of sp³-hybridized carbons (Fsp3) is 0.846. The number of rotatable bonds is 6. The molecule has 0 aromatic carbocycles. The van der Waals surface area contributed by atoms with Gasteiger partial charge in [0.2, 0.25) is 5.91 Å². The Hall–Kier alpha value is -1.06. The molecule has 0 saturated heterocycles. The highest BCUT2D eigenvalue weighted by atomic mass is 16.4. The van der Waals surface area contributed by atoms with Gasteiger partial charge in [-0.25, -0.2) is 0 Å². The minimum Gasteiger partial charge on any atom is -0.481 e. The van der Waals surface area contributed by atoms with Crippen molar-refractivity contribution in [2.45, 2.75) is 64.3 Å². The number of carboxylic acids is 1. The molecule has 1 aliphatic carbocycles. The molecule has 0 radical (unpaired) electrons. The van der Waals surface area contributed by atoms with Crippen LogP contribution >= 0.6 is 0 Å². The number of nitrogens with one attached hydrogen (secondary N) is 1. The van der Waals surface area contributed by atoms with Crippen LogP contribution in [0.5, 0.6) is 0 Å². The Kier molecular flexibility index (Phi) is 6.01. The van der Waals surface area contributed by atoms with Gasteiger partial charge in [-0.1, -0.05) is 6.92 Å². The lowest BCUT2D eigenvalue weighted by molar-refractivity contribution is -0.137. The number of unbranched alkanes of at least 4 members (excludes halogenated alkanes) is 1. The molecule has 0 heterocycles. The van der Waals surface area contributed by atoms with E-state index in [2.05, 4.69) is 12.2 Å². The molecular weight excluding hydrogens is 218 g/mol. The predicted octanol–water partition coefficient (Wildman–Crippen LogP) is 2.33. The van der Waals surface area contributed by atoms with Crippen LogP contribution in [0.3, 0.4) is 0 Å². The van der Waals surface area contributed by atoms with E-state index in [9.17, 15) is 9.59 Å². The van der Waals surface area contributed by atoms with Gasteiger partial charge in [0.05, 0.1) is 0 Å². The second-order valence-electron chi connectivity index (χ2n) is 5.13. The van der Waals surface area contributed by atoms with Crippen molar-refractivity contribution in [2.75, 3.05) is 0 Å². The van der Waals surface area contributed by atoms with Crippen LogP contribution in [0.2, 0.25) is 0 Å². The molecule has 1 saturated carbocycles. The Morgan fingerprint density at radius 3 is 2.29 bits per heavy atom. The van der Waals surface area contributed by atoms with Crippen LogP contribution in [0, 0.1) is 5.92 Å². The van der Waals surface area contributed by atoms with E-state index in [1.807, 2.05) is 0 Å². The number of hydrogen-bond donors (Lipinski definition) is 2. The molecule has 4 nitrogen and oxygen atoms in total. The van der Waals surface area contributed by atoms with Gasteiger partial charge >= 0.3 is 5.97 Å². The van der Waals surface area contributed by atoms with Gasteiger partial charge in [0.15, 0.2) is 0 Å². The van der Waals surface area contributed by atoms with Gasteiger partial charge in [-0.2, -0.15) is 0 Å². The number of aliphatic carboxylic acids is 1. The average molecular weight is 241 g/mol. The highest BCUT2D eigenvalue weighted by molar-refractivity contribution is 5.76. The average Bonchev–Trinajstić information content (AvgIpc) is 2.27. The summed E-state index contributed by atoms with van der Waals surface area (Å²) < 4.78 is 0. The third kappa shape index (κ3) is 6.29. The summed E-state index contributed by atoms with van der Waals surface area (Å²) >= 11 is 0. The summed E-state index contributed by atoms with van der Waals surface area (Å²) in [5, 5.41) is 11.5. The van der Waals surface area contributed by atoms with E-state index in [0.717, 1.165) is 18.8 Å². The zero-order valence-corrected chi connectivity index (χ0v) is 10.6. The molecule has 1 fully saturated rings. The van der Waals surface area contributed by atoms with Crippen molar-refractivity contribution in [1.82, 2.24) is 5.32 Å². The second-order valence-corrected chi connectivity index (χ2v) is 5.13. The topological polar surface area (TPSA) is 66.4 Å². The van der Waals surface area contributed by atoms with Crippen LogP contribution < -0.4 is 5.32 Å². The fourth-order valence-corrected chi connectivity index (χ4v) is 2.27. The van der Waals surface area contributed by atoms with E-state index in [1.165, 1.54) is 12.8 Å². The van der Waals surface area contributed by atoms with E-state index >= 15 is 0 Å². The molecule has 98 valence electrons. The molecule has 17 heavy (non-hydrogen) atoms. The number of carbonyl (C=O) groups is 2. The Labute approximate surface area is 103 Å². The van der Waals surface area contributed by atoms with Gasteiger partial charge in [-0.15, -0.1) is 0 Å². The first-order chi connectivity index (χ1) is 8.08. The Balaban J connectivity index is 2.06. The van der Waals surface area contributed by atoms with Crippen LogP contribution in [-0.4, -0.2) is 23.0 Å². The van der Waals surface area contributed by atoms with Crippen molar-refractivity contribution in [1.29, 1.82) is 0 Å². The molecule has 0 bridgehead atoms. The van der Waals surface area contributed by atoms with Crippen LogP contribution in [0.1, 0.15) is 58.3 Å². The molecule has 0 aliphatic heterocycles. The zero-order valence-electron chi connectivity index (χ0n) is 10.6. The molecule has 0 atom stereocenters. The van der Waals surface area contributed by atoms with Crippen molar-refractivity contribution in [2.24, 2.45) is 5.92 Å². The summed E-state index contributed by atoms with van der Waals surface area (Å²) in [6.45, 7) is 2.25. The van der Waals surface area contributed by atoms with Crippen LogP contribution in [0.15, 0.2) is 0 Å². The molecule has 1 amide bonds. The molecule has 1 rings (SSSR count). The van der Waals surface area contributed by atoms with E-state index in [-0.39, 0.29) is 12.3 Å². The number of carboxylic acid groups (broad SMARTS) is 1. The lowest BCUT2D eigenvalue weighted by atomic mass is 9.87. The van der Waals surface area contributed by atoms with Gasteiger partial charge in [0.25, 0.3) is 0 Å². The molecule has 1 aliphatic rings. The second kappa shape index (κ2) is 7.30. The van der Waals surface area contributed by atoms with E-state index in [1.54, 1.807) is 0 Å². The summed E-state index contributed by atoms with van der Waals surface area (Å²) in [5.41, 5.74) is 0. The predicted molar refractivity (Wildman–Crippen MR) is 65.7 cm³/mol. The van der Waals surface area contributed by atoms with E-state index < -0.39 is 5.97 Å². The molecule has 0 spiro atoms. The van der Waals surface area contributed by atoms with Crippen molar-refractivity contribution in [3.05, 3.63) is 0 Å². The zero-order chi connectivity index (χ0) is 12.7. The molecular formula is C13H23NO3. The maximum Gasteiger partial charge on any atom is 0.303 e. The number of amides is 1. The quantitative estimate of drug-likeness (QED) is 0.701. The Morgan fingerprint density at radius 1 is 1.12 bits per heavy atom. The van der Waals surface area contributed by atoms with Gasteiger partial charge in [0.1, 0.15) is 0 Å². The molecule has 0 aromatic heterocycles. The lowest BCUT2D eigenvalue weighted by Gasteiger charge is -2.26. The van der Waals surface area contributed by atoms with Crippen LogP contribution in [-0.2, 0) is 9.59 Å². The smallest absolute Gasteiger partial charge is 0.303 e. The third-order valence-electron chi connectivity index (χ3n) is 3.43. The first-order valence-electron chi connectivity index (χ1n) is 6.59. The van der Waals surface area contributed by atoms with Gasteiger partial charge in [-0.3, -0.25) is 9.59 Å². The SMILES string of the molecule is CC1CCC(NC(=O)CCCCC(=O)O)CC1. The Morgan fingerprint density at radius 2 is 1.71 bits per heavy atom. The lowest BCUT2D eigenvalue weighted by Crippen LogP contribution is -2.37. The van der Waals surface area contributed by atoms with E-state index in [0.29, 0.717) is 25.3 Å². The minimum absolute atomic E-state index is 0.0786. The minimum atomic E-state index is -0.785. The van der Waals surface area contributed by atoms with Gasteiger partial charge in [-0.05, 0) is 44.4 Å². The number of carbonyl (C=O) groups excluding carboxylic acids is 1. The standard InChI is InChI=1S/C13H23NO3/c1-10-6-8-11(9-7-10)14-12(15)4-2-3-5-13(16)17/h10-11H,2-9H2,1H3,(H,14,15)(H,16,17). The van der Waals surface area contributed by atoms with Gasteiger partial charge < -0.3 is 10.4 Å². The number of hydrogen-bond acceptors (Lipinski definition) is 2. The monoisotopic (exact) mass is 241 g/mol. The van der Waals surface area contributed by atoms with Crippen LogP contribution in [0.25, 0.3) is 0 Å². The third-order valence-corrected chi connectivity index (χ3v) is 3.43. The van der Waals surface area contributed by atoms with Crippen molar-refractivity contribution in [3.8, 4) is 0 Å². The highest BCUT2D eigenvalue weighted by Gasteiger charge is 2.19. The Bertz CT molecular complexity index is 257. The summed E-state index contributed by atoms with van der Waals surface area (Å²) in [6, 6.07) is 0.346. The van der Waals surface area contributed by atoms with Crippen molar-refractivity contribution < 1.29 is 14.7 Å². The first-order valence-corrected chi connectivity index (χ1v) is 6.59. The first kappa shape index (κ1) is 14.0. The highest BCUT2D eigenvalue weighted by Crippen LogP contribution is 2.23. The van der Waals surface area contributed by atoms with Crippen LogP contribution in [0.4, 0.5) is 0 Å². The molecule has 0 aromatic rings.